The Labute approximate surface area is 184 Å². The summed E-state index contributed by atoms with van der Waals surface area (Å²) in [5.74, 6) is 0. The van der Waals surface area contributed by atoms with Gasteiger partial charge in [-0.3, -0.25) is 0 Å². The van der Waals surface area contributed by atoms with Crippen molar-refractivity contribution in [1.29, 1.82) is 0 Å². The third-order valence-electron chi connectivity index (χ3n) is 5.37. The average molecular weight is 434 g/mol. The van der Waals surface area contributed by atoms with Crippen LogP contribution in [0.25, 0.3) is 10.9 Å². The topological polar surface area (TPSA) is 45.6 Å². The van der Waals surface area contributed by atoms with E-state index in [4.69, 9.17) is 0 Å². The first-order valence-corrected chi connectivity index (χ1v) is 11.7. The van der Waals surface area contributed by atoms with Crippen LogP contribution in [0.3, 0.4) is 0 Å². The van der Waals surface area contributed by atoms with E-state index in [1.807, 2.05) is 54.6 Å². The summed E-state index contributed by atoms with van der Waals surface area (Å²) in [7, 11) is 0.341. The molecule has 0 saturated carbocycles. The third kappa shape index (κ3) is 4.22. The molecule has 4 aromatic rings. The summed E-state index contributed by atoms with van der Waals surface area (Å²) in [4.78, 5) is 2.42. The van der Waals surface area contributed by atoms with E-state index in [9.17, 15) is 8.42 Å². The van der Waals surface area contributed by atoms with Gasteiger partial charge in [-0.1, -0.05) is 36.4 Å². The lowest BCUT2D eigenvalue weighted by atomic mass is 10.2. The summed E-state index contributed by atoms with van der Waals surface area (Å²) in [5, 5.41) is 1.03. The van der Waals surface area contributed by atoms with Gasteiger partial charge in [0.25, 0.3) is 10.0 Å². The number of hydrogen-bond acceptors (Lipinski definition) is 3. The van der Waals surface area contributed by atoms with Crippen molar-refractivity contribution >= 4 is 32.3 Å². The molecule has 6 heteroatoms. The number of rotatable bonds is 7. The number of anilines is 2. The fourth-order valence-electron chi connectivity index (χ4n) is 3.81. The molecule has 0 amide bonds. The molecule has 160 valence electrons. The first kappa shape index (κ1) is 21.2. The van der Waals surface area contributed by atoms with Crippen LogP contribution in [0.2, 0.25) is 0 Å². The van der Waals surface area contributed by atoms with Gasteiger partial charge in [0.2, 0.25) is 0 Å². The molecule has 0 atom stereocenters. The Kier molecular flexibility index (Phi) is 5.85. The van der Waals surface area contributed by atoms with E-state index < -0.39 is 10.0 Å². The zero-order valence-electron chi connectivity index (χ0n) is 18.1. The molecule has 0 saturated heterocycles. The molecule has 31 heavy (non-hydrogen) atoms. The maximum Gasteiger partial charge on any atom is 0.268 e. The van der Waals surface area contributed by atoms with Gasteiger partial charge in [0.05, 0.1) is 16.3 Å². The number of aryl methyl sites for hydroxylation is 1. The fourth-order valence-corrected chi connectivity index (χ4v) is 5.31. The molecule has 4 rings (SSSR count). The van der Waals surface area contributed by atoms with Crippen molar-refractivity contribution in [1.82, 2.24) is 9.47 Å². The van der Waals surface area contributed by atoms with E-state index in [0.29, 0.717) is 11.4 Å². The zero-order valence-corrected chi connectivity index (χ0v) is 18.9. The highest BCUT2D eigenvalue weighted by Gasteiger charge is 2.27. The number of likely N-dealkylation sites (N-methyl/N-ethyl adjacent to an activating group) is 1. The minimum absolute atomic E-state index is 0.263. The SMILES string of the molecule is Cc1cc2cc(N(c3ccccc3)S(=O)(=O)c3ccccc3)ccc2n1CCN(C)C. The maximum atomic E-state index is 13.6. The molecule has 0 aliphatic rings. The molecule has 3 aromatic carbocycles. The van der Waals surface area contributed by atoms with Crippen LogP contribution in [0.4, 0.5) is 11.4 Å². The number of para-hydroxylation sites is 1. The van der Waals surface area contributed by atoms with Crippen LogP contribution in [-0.2, 0) is 16.6 Å². The number of aromatic nitrogens is 1. The average Bonchev–Trinajstić information content (AvgIpc) is 3.08. The summed E-state index contributed by atoms with van der Waals surface area (Å²) in [6.45, 7) is 3.91. The van der Waals surface area contributed by atoms with Crippen LogP contribution in [0.1, 0.15) is 5.69 Å². The molecule has 0 unspecified atom stereocenters. The van der Waals surface area contributed by atoms with E-state index in [0.717, 1.165) is 29.7 Å². The number of sulfonamides is 1. The highest BCUT2D eigenvalue weighted by Crippen LogP contribution is 2.34. The highest BCUT2D eigenvalue weighted by atomic mass is 32.2. The normalized spacial score (nSPS) is 11.9. The molecule has 0 N–H and O–H groups in total. The number of nitrogens with zero attached hydrogens (tertiary/aromatic N) is 3. The predicted molar refractivity (Wildman–Crippen MR) is 127 cm³/mol. The standard InChI is InChI=1S/C25H27N3O2S/c1-20-18-21-19-23(14-15-25(21)27(20)17-16-26(2)3)28(22-10-6-4-7-11-22)31(29,30)24-12-8-5-9-13-24/h4-15,18-19H,16-17H2,1-3H3. The Hall–Kier alpha value is -3.09. The summed E-state index contributed by atoms with van der Waals surface area (Å²) in [6.07, 6.45) is 0. The van der Waals surface area contributed by atoms with E-state index in [1.165, 1.54) is 4.31 Å². The molecule has 1 heterocycles. The first-order chi connectivity index (χ1) is 14.9. The second-order valence-electron chi connectivity index (χ2n) is 7.90. The van der Waals surface area contributed by atoms with Gasteiger partial charge in [-0.05, 0) is 69.6 Å². The summed E-state index contributed by atoms with van der Waals surface area (Å²) < 4.78 is 31.0. The minimum atomic E-state index is -3.78. The van der Waals surface area contributed by atoms with Crippen molar-refractivity contribution < 1.29 is 8.42 Å². The van der Waals surface area contributed by atoms with Crippen LogP contribution in [0, 0.1) is 6.92 Å². The molecule has 0 aliphatic heterocycles. The van der Waals surface area contributed by atoms with E-state index in [-0.39, 0.29) is 4.90 Å². The molecule has 0 radical (unpaired) electrons. The van der Waals surface area contributed by atoms with Crippen molar-refractivity contribution in [2.75, 3.05) is 24.9 Å². The maximum absolute atomic E-state index is 13.6. The lowest BCUT2D eigenvalue weighted by molar-refractivity contribution is 0.385. The van der Waals surface area contributed by atoms with E-state index in [2.05, 4.69) is 36.6 Å². The molecule has 0 aliphatic carbocycles. The van der Waals surface area contributed by atoms with Gasteiger partial charge in [0.1, 0.15) is 0 Å². The van der Waals surface area contributed by atoms with Crippen LogP contribution < -0.4 is 4.31 Å². The molecular formula is C25H27N3O2S. The number of fused-ring (bicyclic) bond motifs is 1. The van der Waals surface area contributed by atoms with Crippen molar-refractivity contribution in [3.63, 3.8) is 0 Å². The van der Waals surface area contributed by atoms with Crippen molar-refractivity contribution in [2.45, 2.75) is 18.4 Å². The molecule has 0 bridgehead atoms. The summed E-state index contributed by atoms with van der Waals surface area (Å²) >= 11 is 0. The second-order valence-corrected chi connectivity index (χ2v) is 9.69. The Bertz CT molecular complexity index is 1280. The molecule has 0 fully saturated rings. The van der Waals surface area contributed by atoms with Gasteiger partial charge in [0.15, 0.2) is 0 Å². The largest absolute Gasteiger partial charge is 0.344 e. The lowest BCUT2D eigenvalue weighted by Crippen LogP contribution is -2.26. The van der Waals surface area contributed by atoms with Gasteiger partial charge in [0, 0.05) is 29.7 Å². The van der Waals surface area contributed by atoms with Gasteiger partial charge in [-0.25, -0.2) is 12.7 Å². The van der Waals surface area contributed by atoms with Crippen LogP contribution in [0.5, 0.6) is 0 Å². The lowest BCUT2D eigenvalue weighted by Gasteiger charge is -2.25. The van der Waals surface area contributed by atoms with Gasteiger partial charge in [-0.2, -0.15) is 0 Å². The van der Waals surface area contributed by atoms with E-state index in [1.54, 1.807) is 24.3 Å². The van der Waals surface area contributed by atoms with E-state index >= 15 is 0 Å². The molecule has 5 nitrogen and oxygen atoms in total. The third-order valence-corrected chi connectivity index (χ3v) is 7.14. The summed E-state index contributed by atoms with van der Waals surface area (Å²) in [6, 6.07) is 25.8. The zero-order chi connectivity index (χ0) is 22.0. The van der Waals surface area contributed by atoms with Crippen LogP contribution >= 0.6 is 0 Å². The Balaban J connectivity index is 1.84. The Morgan fingerprint density at radius 2 is 1.45 bits per heavy atom. The summed E-state index contributed by atoms with van der Waals surface area (Å²) in [5.41, 5.74) is 3.49. The van der Waals surface area contributed by atoms with Gasteiger partial charge >= 0.3 is 0 Å². The second kappa shape index (κ2) is 8.57. The first-order valence-electron chi connectivity index (χ1n) is 10.3. The molecular weight excluding hydrogens is 406 g/mol. The monoisotopic (exact) mass is 433 g/mol. The van der Waals surface area contributed by atoms with Crippen LogP contribution in [0.15, 0.2) is 89.8 Å². The van der Waals surface area contributed by atoms with Crippen molar-refractivity contribution in [3.8, 4) is 0 Å². The van der Waals surface area contributed by atoms with Crippen LogP contribution in [-0.4, -0.2) is 38.5 Å². The quantitative estimate of drug-likeness (QED) is 0.410. The Morgan fingerprint density at radius 3 is 2.10 bits per heavy atom. The highest BCUT2D eigenvalue weighted by molar-refractivity contribution is 7.93. The minimum Gasteiger partial charge on any atom is -0.344 e. The molecule has 0 spiro atoms. The van der Waals surface area contributed by atoms with Gasteiger partial charge in [-0.15, -0.1) is 0 Å². The number of benzene rings is 3. The number of hydrogen-bond donors (Lipinski definition) is 0. The Morgan fingerprint density at radius 1 is 0.806 bits per heavy atom. The van der Waals surface area contributed by atoms with Crippen molar-refractivity contribution in [3.05, 3.63) is 90.6 Å². The molecule has 1 aromatic heterocycles. The van der Waals surface area contributed by atoms with Crippen molar-refractivity contribution in [2.24, 2.45) is 0 Å². The predicted octanol–water partition coefficient (Wildman–Crippen LogP) is 5.04. The smallest absolute Gasteiger partial charge is 0.268 e. The van der Waals surface area contributed by atoms with Gasteiger partial charge < -0.3 is 9.47 Å². The fraction of sp³-hybridized carbons (Fsp3) is 0.200.